The number of fused-ring (bicyclic) bond motifs is 6. The van der Waals surface area contributed by atoms with Crippen molar-refractivity contribution < 1.29 is 0 Å². The van der Waals surface area contributed by atoms with E-state index in [1.807, 2.05) is 40.8 Å². The van der Waals surface area contributed by atoms with Gasteiger partial charge in [-0.15, -0.1) is 0 Å². The van der Waals surface area contributed by atoms with Gasteiger partial charge in [-0.2, -0.15) is 0 Å². The first-order chi connectivity index (χ1) is 12.8. The van der Waals surface area contributed by atoms with Gasteiger partial charge in [-0.25, -0.2) is 0 Å². The summed E-state index contributed by atoms with van der Waals surface area (Å²) in [7, 11) is 0. The van der Waals surface area contributed by atoms with Gasteiger partial charge in [0.25, 0.3) is 5.56 Å². The Morgan fingerprint density at radius 3 is 2.19 bits per heavy atom. The van der Waals surface area contributed by atoms with Gasteiger partial charge in [0.15, 0.2) is 0 Å². The van der Waals surface area contributed by atoms with Crippen LogP contribution in [0.25, 0.3) is 27.5 Å². The summed E-state index contributed by atoms with van der Waals surface area (Å²) in [6, 6.07) is 24.8. The summed E-state index contributed by atoms with van der Waals surface area (Å²) in [6.45, 7) is 0.790. The third-order valence-electron chi connectivity index (χ3n) is 5.65. The molecule has 3 aromatic carbocycles. The zero-order valence-corrected chi connectivity index (χ0v) is 14.1. The van der Waals surface area contributed by atoms with Crippen LogP contribution in [0.2, 0.25) is 0 Å². The van der Waals surface area contributed by atoms with Crippen LogP contribution < -0.4 is 5.56 Å². The molecule has 0 N–H and O–H groups in total. The van der Waals surface area contributed by atoms with Gasteiger partial charge < -0.3 is 4.57 Å². The van der Waals surface area contributed by atoms with Gasteiger partial charge in [0.1, 0.15) is 5.65 Å². The van der Waals surface area contributed by atoms with E-state index in [0.717, 1.165) is 40.4 Å². The standard InChI is InChI=1S/C23H16N2O/c26-23-18-10-4-3-9-17(18)19-13-15-7-1-2-8-16(15)14-24-20-11-5-6-12-21(20)25(23)22(19)24/h1-12H,13-14H2. The average molecular weight is 336 g/mol. The largest absolute Gasteiger partial charge is 0.321 e. The van der Waals surface area contributed by atoms with Crippen molar-refractivity contribution in [3.63, 3.8) is 0 Å². The zero-order valence-electron chi connectivity index (χ0n) is 14.1. The number of imidazole rings is 1. The van der Waals surface area contributed by atoms with E-state index in [2.05, 4.69) is 41.0 Å². The molecule has 1 aliphatic heterocycles. The summed E-state index contributed by atoms with van der Waals surface area (Å²) in [4.78, 5) is 13.3. The van der Waals surface area contributed by atoms with Gasteiger partial charge in [0, 0.05) is 23.9 Å². The Kier molecular flexibility index (Phi) is 2.60. The lowest BCUT2D eigenvalue weighted by Crippen LogP contribution is -2.15. The van der Waals surface area contributed by atoms with Crippen molar-refractivity contribution in [2.24, 2.45) is 0 Å². The molecule has 0 fully saturated rings. The Morgan fingerprint density at radius 1 is 0.692 bits per heavy atom. The number of pyridine rings is 1. The Hall–Kier alpha value is -3.33. The predicted molar refractivity (Wildman–Crippen MR) is 105 cm³/mol. The smallest absolute Gasteiger partial charge is 0.264 e. The van der Waals surface area contributed by atoms with Crippen LogP contribution in [0.1, 0.15) is 16.7 Å². The SMILES string of the molecule is O=c1c2ccccc2c2c3n(c4ccccc4n13)Cc1ccccc1C2. The average Bonchev–Trinajstić information content (AvgIpc) is 2.90. The van der Waals surface area contributed by atoms with Crippen molar-refractivity contribution in [1.82, 2.24) is 8.97 Å². The van der Waals surface area contributed by atoms with Gasteiger partial charge in [0.05, 0.1) is 11.0 Å². The number of hydrogen-bond acceptors (Lipinski definition) is 1. The number of rotatable bonds is 0. The van der Waals surface area contributed by atoms with Crippen LogP contribution in [0.3, 0.4) is 0 Å². The number of aromatic nitrogens is 2. The molecule has 0 aliphatic carbocycles. The normalized spacial score (nSPS) is 13.2. The van der Waals surface area contributed by atoms with E-state index < -0.39 is 0 Å². The summed E-state index contributed by atoms with van der Waals surface area (Å²) in [5.41, 5.74) is 7.10. The first-order valence-corrected chi connectivity index (χ1v) is 8.93. The van der Waals surface area contributed by atoms with Crippen molar-refractivity contribution in [1.29, 1.82) is 0 Å². The van der Waals surface area contributed by atoms with Crippen LogP contribution in [0.4, 0.5) is 0 Å². The molecule has 0 radical (unpaired) electrons. The van der Waals surface area contributed by atoms with E-state index in [9.17, 15) is 4.79 Å². The number of para-hydroxylation sites is 2. The molecule has 3 heteroatoms. The minimum Gasteiger partial charge on any atom is -0.321 e. The fraction of sp³-hybridized carbons (Fsp3) is 0.0870. The summed E-state index contributed by atoms with van der Waals surface area (Å²) in [6.07, 6.45) is 0.844. The van der Waals surface area contributed by atoms with Gasteiger partial charge in [-0.05, 0) is 34.7 Å². The molecular formula is C23H16N2O. The predicted octanol–water partition coefficient (Wildman–Crippen LogP) is 4.36. The second-order valence-corrected chi connectivity index (χ2v) is 7.01. The highest BCUT2D eigenvalue weighted by Crippen LogP contribution is 2.32. The van der Waals surface area contributed by atoms with E-state index in [1.54, 1.807) is 0 Å². The molecule has 0 amide bonds. The number of hydrogen-bond donors (Lipinski definition) is 0. The quantitative estimate of drug-likeness (QED) is 0.405. The highest BCUT2D eigenvalue weighted by Gasteiger charge is 2.23. The first-order valence-electron chi connectivity index (χ1n) is 8.93. The molecule has 124 valence electrons. The molecule has 0 saturated carbocycles. The van der Waals surface area contributed by atoms with E-state index in [0.29, 0.717) is 0 Å². The maximum Gasteiger partial charge on any atom is 0.264 e. The molecular weight excluding hydrogens is 320 g/mol. The Bertz CT molecular complexity index is 1390. The fourth-order valence-electron chi connectivity index (χ4n) is 4.49. The molecule has 0 unspecified atom stereocenters. The van der Waals surface area contributed by atoms with Gasteiger partial charge in [-0.1, -0.05) is 54.6 Å². The Labute approximate surface area is 149 Å². The molecule has 0 atom stereocenters. The third kappa shape index (κ3) is 1.65. The zero-order chi connectivity index (χ0) is 17.3. The minimum absolute atomic E-state index is 0.0697. The second kappa shape index (κ2) is 4.85. The Morgan fingerprint density at radius 2 is 1.35 bits per heavy atom. The van der Waals surface area contributed by atoms with Crippen molar-refractivity contribution in [2.75, 3.05) is 0 Å². The maximum absolute atomic E-state index is 13.3. The number of benzene rings is 3. The topological polar surface area (TPSA) is 26.4 Å². The van der Waals surface area contributed by atoms with Crippen molar-refractivity contribution in [3.05, 3.63) is 99.8 Å². The lowest BCUT2D eigenvalue weighted by Gasteiger charge is -2.09. The summed E-state index contributed by atoms with van der Waals surface area (Å²) >= 11 is 0. The summed E-state index contributed by atoms with van der Waals surface area (Å²) in [5.74, 6) is 0. The van der Waals surface area contributed by atoms with E-state index in [-0.39, 0.29) is 5.56 Å². The summed E-state index contributed by atoms with van der Waals surface area (Å²) < 4.78 is 4.23. The second-order valence-electron chi connectivity index (χ2n) is 7.01. The lowest BCUT2D eigenvalue weighted by molar-refractivity contribution is 0.856. The van der Waals surface area contributed by atoms with Gasteiger partial charge >= 0.3 is 0 Å². The number of nitrogens with zero attached hydrogens (tertiary/aromatic N) is 2. The lowest BCUT2D eigenvalue weighted by atomic mass is 9.98. The van der Waals surface area contributed by atoms with Crippen molar-refractivity contribution in [3.8, 4) is 0 Å². The molecule has 5 aromatic rings. The van der Waals surface area contributed by atoms with Gasteiger partial charge in [0.2, 0.25) is 0 Å². The first kappa shape index (κ1) is 13.9. The Balaban J connectivity index is 1.94. The van der Waals surface area contributed by atoms with Crippen LogP contribution in [-0.4, -0.2) is 8.97 Å². The van der Waals surface area contributed by atoms with Crippen LogP contribution in [0, 0.1) is 0 Å². The molecule has 0 saturated heterocycles. The molecule has 3 heterocycles. The minimum atomic E-state index is 0.0697. The van der Waals surface area contributed by atoms with E-state index in [1.165, 1.54) is 16.7 Å². The molecule has 2 aromatic heterocycles. The summed E-state index contributed by atoms with van der Waals surface area (Å²) in [5, 5.41) is 1.86. The maximum atomic E-state index is 13.3. The molecule has 0 bridgehead atoms. The van der Waals surface area contributed by atoms with E-state index >= 15 is 0 Å². The molecule has 1 aliphatic rings. The van der Waals surface area contributed by atoms with Crippen LogP contribution in [-0.2, 0) is 13.0 Å². The van der Waals surface area contributed by atoms with Crippen molar-refractivity contribution >= 4 is 27.5 Å². The fourth-order valence-corrected chi connectivity index (χ4v) is 4.49. The third-order valence-corrected chi connectivity index (χ3v) is 5.65. The van der Waals surface area contributed by atoms with Gasteiger partial charge in [-0.3, -0.25) is 9.20 Å². The molecule has 3 nitrogen and oxygen atoms in total. The van der Waals surface area contributed by atoms with Crippen LogP contribution in [0.5, 0.6) is 0 Å². The molecule has 26 heavy (non-hydrogen) atoms. The molecule has 6 rings (SSSR count). The van der Waals surface area contributed by atoms with Crippen LogP contribution in [0.15, 0.2) is 77.6 Å². The van der Waals surface area contributed by atoms with E-state index in [4.69, 9.17) is 0 Å². The van der Waals surface area contributed by atoms with Crippen LogP contribution >= 0.6 is 0 Å². The van der Waals surface area contributed by atoms with Crippen molar-refractivity contribution in [2.45, 2.75) is 13.0 Å². The highest BCUT2D eigenvalue weighted by molar-refractivity contribution is 5.94. The monoisotopic (exact) mass is 336 g/mol. The highest BCUT2D eigenvalue weighted by atomic mass is 16.1. The molecule has 0 spiro atoms.